The normalized spacial score (nSPS) is 15.2. The largest absolute Gasteiger partial charge is 0.506 e. The van der Waals surface area contributed by atoms with Crippen molar-refractivity contribution in [2.75, 3.05) is 6.61 Å². The Labute approximate surface area is 240 Å². The number of carbonyl (C=O) groups is 2. The van der Waals surface area contributed by atoms with E-state index < -0.39 is 5.97 Å². The third-order valence-corrected chi connectivity index (χ3v) is 7.45. The molecule has 5 rings (SSSR count). The number of aliphatic hydroxyl groups is 1. The maximum absolute atomic E-state index is 12.8. The van der Waals surface area contributed by atoms with Crippen LogP contribution in [0.2, 0.25) is 5.02 Å². The molecule has 1 aliphatic rings. The molecular formula is C31H26ClN3O4S. The molecular weight excluding hydrogens is 546 g/mol. The molecule has 0 radical (unpaired) electrons. The number of nitrogens with one attached hydrogen (secondary N) is 1. The third-order valence-electron chi connectivity index (χ3n) is 6.18. The van der Waals surface area contributed by atoms with Crippen LogP contribution in [-0.2, 0) is 27.4 Å². The summed E-state index contributed by atoms with van der Waals surface area (Å²) in [5.74, 6) is -0.974. The molecule has 0 bridgehead atoms. The number of hydrogen-bond donors (Lipinski definition) is 2. The number of amides is 1. The average molecular weight is 572 g/mol. The van der Waals surface area contributed by atoms with Crippen LogP contribution in [0.1, 0.15) is 18.1 Å². The zero-order valence-electron chi connectivity index (χ0n) is 21.6. The number of halogens is 1. The number of carbonyl (C=O) groups excluding carboxylic acids is 2. The van der Waals surface area contributed by atoms with Crippen LogP contribution in [0.3, 0.4) is 0 Å². The minimum absolute atomic E-state index is 0.0112. The Balaban J connectivity index is 1.46. The molecule has 1 aromatic heterocycles. The lowest BCUT2D eigenvalue weighted by Crippen LogP contribution is -2.26. The first-order chi connectivity index (χ1) is 19.4. The van der Waals surface area contributed by atoms with Gasteiger partial charge in [-0.05, 0) is 48.9 Å². The van der Waals surface area contributed by atoms with Gasteiger partial charge < -0.3 is 19.7 Å². The molecule has 0 unspecified atom stereocenters. The van der Waals surface area contributed by atoms with Crippen LogP contribution >= 0.6 is 23.4 Å². The smallest absolute Gasteiger partial charge is 0.344 e. The van der Waals surface area contributed by atoms with E-state index in [-0.39, 0.29) is 30.4 Å². The maximum Gasteiger partial charge on any atom is 0.344 e. The molecule has 40 heavy (non-hydrogen) atoms. The van der Waals surface area contributed by atoms with Crippen LogP contribution in [0.5, 0.6) is 0 Å². The van der Waals surface area contributed by atoms with Crippen molar-refractivity contribution < 1.29 is 19.4 Å². The van der Waals surface area contributed by atoms with Gasteiger partial charge in [0.1, 0.15) is 22.9 Å². The summed E-state index contributed by atoms with van der Waals surface area (Å²) < 4.78 is 7.08. The van der Waals surface area contributed by atoms with Gasteiger partial charge >= 0.3 is 5.97 Å². The summed E-state index contributed by atoms with van der Waals surface area (Å²) in [4.78, 5) is 30.6. The van der Waals surface area contributed by atoms with E-state index in [1.807, 2.05) is 65.4 Å². The Morgan fingerprint density at radius 1 is 1.05 bits per heavy atom. The summed E-state index contributed by atoms with van der Waals surface area (Å²) in [6.07, 6.45) is 3.66. The molecule has 1 amide bonds. The molecule has 0 fully saturated rings. The van der Waals surface area contributed by atoms with Gasteiger partial charge in [-0.3, -0.25) is 4.79 Å². The molecule has 3 aromatic carbocycles. The van der Waals surface area contributed by atoms with Crippen LogP contribution in [0.4, 0.5) is 5.69 Å². The number of ether oxygens (including phenoxy) is 1. The molecule has 2 N–H and O–H groups in total. The van der Waals surface area contributed by atoms with Crippen molar-refractivity contribution in [1.82, 2.24) is 9.88 Å². The van der Waals surface area contributed by atoms with Crippen molar-refractivity contribution in [2.45, 2.75) is 20.0 Å². The molecule has 4 aromatic rings. The molecule has 0 spiro atoms. The number of para-hydroxylation sites is 1. The number of esters is 1. The number of nitrogens with zero attached hydrogens (tertiary/aromatic N) is 2. The van der Waals surface area contributed by atoms with Gasteiger partial charge in [0.2, 0.25) is 5.91 Å². The molecule has 2 heterocycles. The highest BCUT2D eigenvalue weighted by Gasteiger charge is 2.33. The monoisotopic (exact) mass is 571 g/mol. The van der Waals surface area contributed by atoms with Gasteiger partial charge in [0.15, 0.2) is 0 Å². The number of rotatable bonds is 8. The minimum atomic E-state index is -0.652. The lowest BCUT2D eigenvalue weighted by Gasteiger charge is -2.07. The first kappa shape index (κ1) is 27.3. The number of fused-ring (bicyclic) bond motifs is 1. The van der Waals surface area contributed by atoms with E-state index in [2.05, 4.69) is 10.3 Å². The SMILES string of the molecule is CCOC(=O)C1=C(O)/C(=C/c2cn(CC(=O)NCc3ccccc3)c3ccccc23)SC1=Nc1ccc(Cl)cc1. The standard InChI is InChI=1S/C31H26ClN3O4S/c1-2-39-31(38)28-29(37)26(40-30(28)34-23-14-12-22(32)13-15-23)16-21-18-35(25-11-7-6-10-24(21)25)19-27(36)33-17-20-8-4-3-5-9-20/h3-16,18,37H,2,17,19H2,1H3,(H,33,36)/b26-16-,34-30?. The minimum Gasteiger partial charge on any atom is -0.506 e. The van der Waals surface area contributed by atoms with Gasteiger partial charge in [0, 0.05) is 34.2 Å². The highest BCUT2D eigenvalue weighted by Crippen LogP contribution is 2.41. The summed E-state index contributed by atoms with van der Waals surface area (Å²) >= 11 is 7.18. The summed E-state index contributed by atoms with van der Waals surface area (Å²) in [6.45, 7) is 2.43. The quantitative estimate of drug-likeness (QED) is 0.227. The van der Waals surface area contributed by atoms with Crippen molar-refractivity contribution >= 4 is 62.9 Å². The number of benzene rings is 3. The van der Waals surface area contributed by atoms with Crippen LogP contribution in [0, 0.1) is 0 Å². The van der Waals surface area contributed by atoms with Crippen molar-refractivity contribution in [3.8, 4) is 0 Å². The van der Waals surface area contributed by atoms with Gasteiger partial charge in [-0.15, -0.1) is 0 Å². The van der Waals surface area contributed by atoms with E-state index >= 15 is 0 Å². The van der Waals surface area contributed by atoms with E-state index in [9.17, 15) is 14.7 Å². The first-order valence-corrected chi connectivity index (χ1v) is 13.9. The zero-order valence-corrected chi connectivity index (χ0v) is 23.2. The number of hydrogen-bond acceptors (Lipinski definition) is 6. The maximum atomic E-state index is 12.8. The molecule has 0 aliphatic carbocycles. The van der Waals surface area contributed by atoms with Gasteiger partial charge in [0.05, 0.1) is 17.2 Å². The van der Waals surface area contributed by atoms with E-state index in [4.69, 9.17) is 16.3 Å². The predicted octanol–water partition coefficient (Wildman–Crippen LogP) is 6.80. The van der Waals surface area contributed by atoms with Gasteiger partial charge in [-0.25, -0.2) is 9.79 Å². The van der Waals surface area contributed by atoms with Crippen molar-refractivity contribution in [3.63, 3.8) is 0 Å². The molecule has 9 heteroatoms. The van der Waals surface area contributed by atoms with Crippen molar-refractivity contribution in [2.24, 2.45) is 4.99 Å². The Bertz CT molecular complexity index is 1660. The number of aliphatic imine (C=N–C) groups is 1. The molecule has 0 saturated carbocycles. The summed E-state index contributed by atoms with van der Waals surface area (Å²) in [6, 6.07) is 24.3. The van der Waals surface area contributed by atoms with E-state index in [0.29, 0.717) is 27.2 Å². The fraction of sp³-hybridized carbons (Fsp3) is 0.129. The second kappa shape index (κ2) is 12.3. The number of aromatic nitrogens is 1. The van der Waals surface area contributed by atoms with Crippen molar-refractivity contribution in [1.29, 1.82) is 0 Å². The van der Waals surface area contributed by atoms with E-state index in [1.165, 1.54) is 11.8 Å². The second-order valence-electron chi connectivity index (χ2n) is 8.94. The number of aliphatic hydroxyl groups excluding tert-OH is 1. The van der Waals surface area contributed by atoms with Gasteiger partial charge in [0.25, 0.3) is 0 Å². The Hall–Kier alpha value is -4.27. The summed E-state index contributed by atoms with van der Waals surface area (Å²) in [5, 5.41) is 15.9. The second-order valence-corrected chi connectivity index (χ2v) is 10.4. The van der Waals surface area contributed by atoms with E-state index in [0.717, 1.165) is 22.0 Å². The number of thioether (sulfide) groups is 1. The molecule has 1 aliphatic heterocycles. The van der Waals surface area contributed by atoms with Crippen LogP contribution in [-0.4, -0.2) is 33.2 Å². The Morgan fingerprint density at radius 2 is 1.77 bits per heavy atom. The van der Waals surface area contributed by atoms with E-state index in [1.54, 1.807) is 37.3 Å². The molecule has 202 valence electrons. The summed E-state index contributed by atoms with van der Waals surface area (Å²) in [7, 11) is 0. The van der Waals surface area contributed by atoms with Crippen LogP contribution < -0.4 is 5.32 Å². The Kier molecular flexibility index (Phi) is 8.38. The Morgan fingerprint density at radius 3 is 2.52 bits per heavy atom. The lowest BCUT2D eigenvalue weighted by molar-refractivity contribution is -0.138. The predicted molar refractivity (Wildman–Crippen MR) is 161 cm³/mol. The topological polar surface area (TPSA) is 92.9 Å². The van der Waals surface area contributed by atoms with Crippen molar-refractivity contribution in [3.05, 3.63) is 117 Å². The fourth-order valence-electron chi connectivity index (χ4n) is 4.29. The fourth-order valence-corrected chi connectivity index (χ4v) is 5.45. The first-order valence-electron chi connectivity index (χ1n) is 12.7. The zero-order chi connectivity index (χ0) is 28.1. The van der Waals surface area contributed by atoms with Crippen LogP contribution in [0.15, 0.2) is 106 Å². The van der Waals surface area contributed by atoms with Gasteiger partial charge in [-0.2, -0.15) is 0 Å². The average Bonchev–Trinajstić information content (AvgIpc) is 3.46. The lowest BCUT2D eigenvalue weighted by atomic mass is 10.1. The third kappa shape index (κ3) is 6.14. The molecule has 0 atom stereocenters. The van der Waals surface area contributed by atoms with Crippen LogP contribution in [0.25, 0.3) is 17.0 Å². The highest BCUT2D eigenvalue weighted by molar-refractivity contribution is 8.18. The summed E-state index contributed by atoms with van der Waals surface area (Å²) in [5.41, 5.74) is 3.28. The molecule has 7 nitrogen and oxygen atoms in total. The molecule has 0 saturated heterocycles. The van der Waals surface area contributed by atoms with Gasteiger partial charge in [-0.1, -0.05) is 71.9 Å². The highest BCUT2D eigenvalue weighted by atomic mass is 35.5.